The van der Waals surface area contributed by atoms with E-state index < -0.39 is 9.84 Å². The number of piperazine rings is 1. The van der Waals surface area contributed by atoms with Crippen LogP contribution in [0, 0.1) is 12.7 Å². The monoisotopic (exact) mass is 340 g/mol. The van der Waals surface area contributed by atoms with Gasteiger partial charge in [-0.2, -0.15) is 0 Å². The van der Waals surface area contributed by atoms with E-state index >= 15 is 0 Å². The lowest BCUT2D eigenvalue weighted by Crippen LogP contribution is -2.59. The molecule has 0 N–H and O–H groups in total. The number of sulfone groups is 1. The summed E-state index contributed by atoms with van der Waals surface area (Å²) < 4.78 is 37.7. The number of benzene rings is 1. The first-order valence-corrected chi connectivity index (χ1v) is 9.55. The summed E-state index contributed by atoms with van der Waals surface area (Å²) in [5.41, 5.74) is 1.68. The molecule has 2 aliphatic heterocycles. The molecule has 0 aromatic heterocycles. The first-order chi connectivity index (χ1) is 10.7. The number of carbonyl (C=O) groups is 1. The van der Waals surface area contributed by atoms with Crippen LogP contribution in [0.5, 0.6) is 0 Å². The van der Waals surface area contributed by atoms with Crippen LogP contribution in [0.2, 0.25) is 0 Å². The molecule has 3 rings (SSSR count). The second-order valence-electron chi connectivity index (χ2n) is 6.53. The molecule has 23 heavy (non-hydrogen) atoms. The van der Waals surface area contributed by atoms with Gasteiger partial charge in [0.1, 0.15) is 5.82 Å². The topological polar surface area (TPSA) is 57.7 Å². The van der Waals surface area contributed by atoms with Gasteiger partial charge in [0.05, 0.1) is 17.5 Å². The van der Waals surface area contributed by atoms with Crippen LogP contribution in [0.4, 0.5) is 4.39 Å². The third-order valence-electron chi connectivity index (χ3n) is 4.68. The van der Waals surface area contributed by atoms with Crippen molar-refractivity contribution in [2.45, 2.75) is 32.5 Å². The van der Waals surface area contributed by atoms with Crippen LogP contribution < -0.4 is 0 Å². The van der Waals surface area contributed by atoms with Crippen LogP contribution in [0.3, 0.4) is 0 Å². The van der Waals surface area contributed by atoms with Crippen LogP contribution >= 0.6 is 0 Å². The normalized spacial score (nSPS) is 27.0. The quantitative estimate of drug-likeness (QED) is 0.805. The fourth-order valence-corrected chi connectivity index (χ4v) is 5.76. The SMILES string of the molecule is CC(=O)N1CCN(Cc2cc(C)cc(F)c2)[C@H]2CS(=O)(=O)C[C@H]21. The fourth-order valence-electron chi connectivity index (χ4n) is 3.75. The van der Waals surface area contributed by atoms with Crippen molar-refractivity contribution in [1.29, 1.82) is 0 Å². The lowest BCUT2D eigenvalue weighted by atomic mass is 10.0. The lowest BCUT2D eigenvalue weighted by Gasteiger charge is -2.43. The van der Waals surface area contributed by atoms with Crippen LogP contribution in [-0.4, -0.2) is 60.8 Å². The molecule has 0 aliphatic carbocycles. The number of rotatable bonds is 2. The van der Waals surface area contributed by atoms with Crippen molar-refractivity contribution in [1.82, 2.24) is 9.80 Å². The van der Waals surface area contributed by atoms with E-state index in [0.29, 0.717) is 19.6 Å². The summed E-state index contributed by atoms with van der Waals surface area (Å²) in [5.74, 6) is -0.276. The van der Waals surface area contributed by atoms with E-state index in [4.69, 9.17) is 0 Å². The van der Waals surface area contributed by atoms with Crippen molar-refractivity contribution < 1.29 is 17.6 Å². The number of nitrogens with zero attached hydrogens (tertiary/aromatic N) is 2. The van der Waals surface area contributed by atoms with Crippen molar-refractivity contribution in [3.05, 3.63) is 35.1 Å². The van der Waals surface area contributed by atoms with Gasteiger partial charge < -0.3 is 4.90 Å². The Morgan fingerprint density at radius 1 is 1.22 bits per heavy atom. The molecule has 1 aromatic carbocycles. The Balaban J connectivity index is 1.85. The molecule has 2 heterocycles. The van der Waals surface area contributed by atoms with Gasteiger partial charge in [-0.25, -0.2) is 12.8 Å². The van der Waals surface area contributed by atoms with Gasteiger partial charge >= 0.3 is 0 Å². The lowest BCUT2D eigenvalue weighted by molar-refractivity contribution is -0.134. The Bertz CT molecular complexity index is 715. The minimum absolute atomic E-state index is 0.0237. The predicted octanol–water partition coefficient (Wildman–Crippen LogP) is 0.964. The van der Waals surface area contributed by atoms with E-state index in [9.17, 15) is 17.6 Å². The van der Waals surface area contributed by atoms with Crippen molar-refractivity contribution in [2.24, 2.45) is 0 Å². The van der Waals surface area contributed by atoms with Crippen molar-refractivity contribution >= 4 is 15.7 Å². The van der Waals surface area contributed by atoms with Gasteiger partial charge in [0.2, 0.25) is 5.91 Å². The van der Waals surface area contributed by atoms with E-state index in [2.05, 4.69) is 4.90 Å². The Labute approximate surface area is 136 Å². The first kappa shape index (κ1) is 16.4. The van der Waals surface area contributed by atoms with Gasteiger partial charge in [-0.3, -0.25) is 9.69 Å². The maximum atomic E-state index is 13.6. The Hall–Kier alpha value is -1.47. The zero-order valence-electron chi connectivity index (χ0n) is 13.3. The standard InChI is InChI=1S/C16H21FN2O3S/c1-11-5-13(7-14(17)6-11)8-18-3-4-19(12(2)20)16-10-23(21,22)9-15(16)18/h5-7,15-16H,3-4,8-10H2,1-2H3/t15-,16+/m0/s1. The molecule has 0 spiro atoms. The van der Waals surface area contributed by atoms with E-state index in [1.54, 1.807) is 4.90 Å². The number of hydrogen-bond donors (Lipinski definition) is 0. The summed E-state index contributed by atoms with van der Waals surface area (Å²) in [7, 11) is -3.15. The number of aryl methyl sites for hydroxylation is 1. The summed E-state index contributed by atoms with van der Waals surface area (Å²) in [6.45, 7) is 4.93. The smallest absolute Gasteiger partial charge is 0.219 e. The molecule has 1 amide bonds. The summed E-state index contributed by atoms with van der Waals surface area (Å²) in [6.07, 6.45) is 0. The van der Waals surface area contributed by atoms with Crippen molar-refractivity contribution in [3.63, 3.8) is 0 Å². The molecule has 2 fully saturated rings. The first-order valence-electron chi connectivity index (χ1n) is 7.73. The predicted molar refractivity (Wildman–Crippen MR) is 85.2 cm³/mol. The molecule has 0 saturated carbocycles. The molecule has 0 unspecified atom stereocenters. The van der Waals surface area contributed by atoms with Crippen LogP contribution in [0.25, 0.3) is 0 Å². The fraction of sp³-hybridized carbons (Fsp3) is 0.562. The Morgan fingerprint density at radius 2 is 1.91 bits per heavy atom. The van der Waals surface area contributed by atoms with Gasteiger partial charge in [-0.15, -0.1) is 0 Å². The Kier molecular flexibility index (Phi) is 4.18. The Morgan fingerprint density at radius 3 is 2.57 bits per heavy atom. The average molecular weight is 340 g/mol. The minimum Gasteiger partial charge on any atom is -0.336 e. The molecule has 2 atom stereocenters. The highest BCUT2D eigenvalue weighted by molar-refractivity contribution is 7.91. The molecular formula is C16H21FN2O3S. The number of carbonyl (C=O) groups excluding carboxylic acids is 1. The molecule has 0 bridgehead atoms. The van der Waals surface area contributed by atoms with Crippen LogP contribution in [0.1, 0.15) is 18.1 Å². The molecule has 2 aliphatic rings. The van der Waals surface area contributed by atoms with Gasteiger partial charge in [-0.05, 0) is 30.2 Å². The zero-order chi connectivity index (χ0) is 16.8. The average Bonchev–Trinajstić information content (AvgIpc) is 2.72. The minimum atomic E-state index is -3.15. The summed E-state index contributed by atoms with van der Waals surface area (Å²) in [5, 5.41) is 0. The molecule has 7 heteroatoms. The van der Waals surface area contributed by atoms with Crippen molar-refractivity contribution in [3.8, 4) is 0 Å². The van der Waals surface area contributed by atoms with E-state index in [0.717, 1.165) is 11.1 Å². The molecule has 2 saturated heterocycles. The summed E-state index contributed by atoms with van der Waals surface area (Å²) in [6, 6.07) is 4.38. The molecule has 0 radical (unpaired) electrons. The highest BCUT2D eigenvalue weighted by atomic mass is 32.2. The molecular weight excluding hydrogens is 319 g/mol. The third-order valence-corrected chi connectivity index (χ3v) is 6.38. The van der Waals surface area contributed by atoms with Gasteiger partial charge in [0.25, 0.3) is 0 Å². The van der Waals surface area contributed by atoms with Gasteiger partial charge in [0.15, 0.2) is 9.84 Å². The van der Waals surface area contributed by atoms with Crippen LogP contribution in [-0.2, 0) is 21.2 Å². The number of fused-ring (bicyclic) bond motifs is 1. The maximum absolute atomic E-state index is 13.6. The number of halogens is 1. The molecule has 1 aromatic rings. The largest absolute Gasteiger partial charge is 0.336 e. The van der Waals surface area contributed by atoms with E-state index in [1.165, 1.54) is 19.1 Å². The maximum Gasteiger partial charge on any atom is 0.219 e. The van der Waals surface area contributed by atoms with Gasteiger partial charge in [-0.1, -0.05) is 6.07 Å². The second-order valence-corrected chi connectivity index (χ2v) is 8.69. The summed E-state index contributed by atoms with van der Waals surface area (Å²) >= 11 is 0. The number of hydrogen-bond acceptors (Lipinski definition) is 4. The van der Waals surface area contributed by atoms with Gasteiger partial charge in [0, 0.05) is 32.6 Å². The van der Waals surface area contributed by atoms with E-state index in [1.807, 2.05) is 13.0 Å². The number of amides is 1. The summed E-state index contributed by atoms with van der Waals surface area (Å²) in [4.78, 5) is 15.5. The molecule has 126 valence electrons. The highest BCUT2D eigenvalue weighted by Gasteiger charge is 2.47. The zero-order valence-corrected chi connectivity index (χ0v) is 14.1. The molecule has 5 nitrogen and oxygen atoms in total. The second kappa shape index (κ2) is 5.87. The van der Waals surface area contributed by atoms with Crippen LogP contribution in [0.15, 0.2) is 18.2 Å². The third kappa shape index (κ3) is 3.40. The highest BCUT2D eigenvalue weighted by Crippen LogP contribution is 2.28. The van der Waals surface area contributed by atoms with E-state index in [-0.39, 0.29) is 35.3 Å². The van der Waals surface area contributed by atoms with Crippen molar-refractivity contribution in [2.75, 3.05) is 24.6 Å².